The number of thiol groups is 1. The van der Waals surface area contributed by atoms with Crippen LogP contribution in [0.25, 0.3) is 0 Å². The molecule has 18 heavy (non-hydrogen) atoms. The van der Waals surface area contributed by atoms with Gasteiger partial charge in [0.1, 0.15) is 25.9 Å². The molecule has 0 N–H and O–H groups in total. The van der Waals surface area contributed by atoms with Crippen molar-refractivity contribution in [2.24, 2.45) is 10.3 Å². The lowest BCUT2D eigenvalue weighted by atomic mass is 10.4. The number of nitrogens with zero attached hydrogens (tertiary/aromatic N) is 5. The van der Waals surface area contributed by atoms with Crippen molar-refractivity contribution in [1.29, 1.82) is 0 Å². The van der Waals surface area contributed by atoms with Gasteiger partial charge >= 0.3 is 0 Å². The number of aromatic nitrogens is 3. The molecule has 0 saturated carbocycles. The minimum atomic E-state index is -0.623. The summed E-state index contributed by atoms with van der Waals surface area (Å²) in [5, 5.41) is 10.6. The highest BCUT2D eigenvalue weighted by atomic mass is 32.1. The zero-order valence-corrected chi connectivity index (χ0v) is 11.0. The van der Waals surface area contributed by atoms with Crippen LogP contribution in [-0.2, 0) is 14.5 Å². The third-order valence-electron chi connectivity index (χ3n) is 1.58. The van der Waals surface area contributed by atoms with Crippen molar-refractivity contribution < 1.29 is 14.5 Å². The molecule has 0 fully saturated rings. The average Bonchev–Trinajstić information content (AvgIpc) is 2.80. The van der Waals surface area contributed by atoms with Gasteiger partial charge in [0.15, 0.2) is 0 Å². The standard InChI is InChI=1S/C9H13N5O3S/c1-6(2)17-12-7(9(15)18)8(13-16-3)14-5-10-4-11-14/h4-6H,1-3H3,(H,15,18)/b12-7-,13-8+. The average molecular weight is 271 g/mol. The van der Waals surface area contributed by atoms with Crippen molar-refractivity contribution in [2.75, 3.05) is 7.11 Å². The van der Waals surface area contributed by atoms with E-state index in [-0.39, 0.29) is 17.7 Å². The summed E-state index contributed by atoms with van der Waals surface area (Å²) in [5.41, 5.74) is -0.126. The zero-order valence-electron chi connectivity index (χ0n) is 10.1. The van der Waals surface area contributed by atoms with E-state index in [2.05, 4.69) is 37.9 Å². The van der Waals surface area contributed by atoms with Crippen LogP contribution in [0.2, 0.25) is 0 Å². The fourth-order valence-electron chi connectivity index (χ4n) is 0.931. The van der Waals surface area contributed by atoms with E-state index in [0.29, 0.717) is 0 Å². The molecule has 0 amide bonds. The zero-order chi connectivity index (χ0) is 13.5. The number of hydrogen-bond donors (Lipinski definition) is 1. The number of hydrogen-bond acceptors (Lipinski definition) is 7. The van der Waals surface area contributed by atoms with Crippen molar-refractivity contribution in [2.45, 2.75) is 20.0 Å². The van der Waals surface area contributed by atoms with Crippen LogP contribution >= 0.6 is 12.6 Å². The van der Waals surface area contributed by atoms with Crippen LogP contribution in [0.15, 0.2) is 23.0 Å². The number of rotatable bonds is 5. The van der Waals surface area contributed by atoms with Gasteiger partial charge in [-0.1, -0.05) is 22.9 Å². The van der Waals surface area contributed by atoms with Crippen LogP contribution < -0.4 is 0 Å². The molecule has 0 bridgehead atoms. The van der Waals surface area contributed by atoms with E-state index in [0.717, 1.165) is 0 Å². The first kappa shape index (κ1) is 14.2. The lowest BCUT2D eigenvalue weighted by molar-refractivity contribution is -0.105. The summed E-state index contributed by atoms with van der Waals surface area (Å²) in [7, 11) is 1.33. The van der Waals surface area contributed by atoms with Gasteiger partial charge in [0.2, 0.25) is 16.7 Å². The van der Waals surface area contributed by atoms with Crippen LogP contribution in [-0.4, -0.2) is 44.6 Å². The Labute approximate surface area is 109 Å². The molecule has 0 aliphatic heterocycles. The van der Waals surface area contributed by atoms with Crippen molar-refractivity contribution in [3.63, 3.8) is 0 Å². The van der Waals surface area contributed by atoms with Gasteiger partial charge in [0.25, 0.3) is 0 Å². The molecule has 0 spiro atoms. The van der Waals surface area contributed by atoms with Crippen LogP contribution in [0.5, 0.6) is 0 Å². The maximum absolute atomic E-state index is 11.4. The topological polar surface area (TPSA) is 91.0 Å². The summed E-state index contributed by atoms with van der Waals surface area (Å²) >= 11 is 3.71. The molecule has 1 heterocycles. The highest BCUT2D eigenvalue weighted by Crippen LogP contribution is 1.99. The first-order valence-corrected chi connectivity index (χ1v) is 5.44. The first-order chi connectivity index (χ1) is 8.56. The first-order valence-electron chi connectivity index (χ1n) is 5.00. The molecule has 98 valence electrons. The predicted molar refractivity (Wildman–Crippen MR) is 67.5 cm³/mol. The van der Waals surface area contributed by atoms with Gasteiger partial charge in [-0.2, -0.15) is 9.78 Å². The predicted octanol–water partition coefficient (Wildman–Crippen LogP) is 0.324. The number of oxime groups is 2. The monoisotopic (exact) mass is 271 g/mol. The number of carbonyl (C=O) groups is 1. The second kappa shape index (κ2) is 6.74. The maximum Gasteiger partial charge on any atom is 0.242 e. The quantitative estimate of drug-likeness (QED) is 0.360. The highest BCUT2D eigenvalue weighted by Gasteiger charge is 2.20. The van der Waals surface area contributed by atoms with E-state index in [1.54, 1.807) is 13.8 Å². The third kappa shape index (κ3) is 3.84. The molecule has 1 aromatic rings. The highest BCUT2D eigenvalue weighted by molar-refractivity contribution is 7.99. The van der Waals surface area contributed by atoms with Crippen molar-refractivity contribution in [1.82, 2.24) is 14.8 Å². The Bertz CT molecular complexity index is 455. The van der Waals surface area contributed by atoms with Gasteiger partial charge in [-0.15, -0.1) is 0 Å². The van der Waals surface area contributed by atoms with Crippen LogP contribution in [0.4, 0.5) is 0 Å². The lowest BCUT2D eigenvalue weighted by Gasteiger charge is -2.07. The second-order valence-electron chi connectivity index (χ2n) is 3.34. The van der Waals surface area contributed by atoms with E-state index in [9.17, 15) is 4.79 Å². The van der Waals surface area contributed by atoms with Crippen LogP contribution in [0.3, 0.4) is 0 Å². The summed E-state index contributed by atoms with van der Waals surface area (Å²) in [5.74, 6) is 0.0376. The molecular weight excluding hydrogens is 258 g/mol. The molecule has 0 aliphatic carbocycles. The van der Waals surface area contributed by atoms with Gasteiger partial charge in [-0.25, -0.2) is 4.98 Å². The smallest absolute Gasteiger partial charge is 0.242 e. The molecule has 0 unspecified atom stereocenters. The third-order valence-corrected chi connectivity index (χ3v) is 1.79. The van der Waals surface area contributed by atoms with Gasteiger partial charge in [-0.05, 0) is 13.8 Å². The fourth-order valence-corrected chi connectivity index (χ4v) is 1.07. The lowest BCUT2D eigenvalue weighted by Crippen LogP contribution is -2.29. The van der Waals surface area contributed by atoms with Crippen LogP contribution in [0, 0.1) is 0 Å². The fraction of sp³-hybridized carbons (Fsp3) is 0.444. The molecule has 1 aromatic heterocycles. The van der Waals surface area contributed by atoms with E-state index < -0.39 is 5.12 Å². The van der Waals surface area contributed by atoms with Crippen molar-refractivity contribution >= 4 is 29.3 Å². The second-order valence-corrected chi connectivity index (χ2v) is 3.74. The molecular formula is C9H13N5O3S. The summed E-state index contributed by atoms with van der Waals surface area (Å²) < 4.78 is 1.22. The Hall–Kier alpha value is -1.90. The Morgan fingerprint density at radius 1 is 1.44 bits per heavy atom. The minimum absolute atomic E-state index is 0.0376. The van der Waals surface area contributed by atoms with Gasteiger partial charge in [0, 0.05) is 0 Å². The molecule has 0 radical (unpaired) electrons. The Kier molecular flexibility index (Phi) is 5.31. The van der Waals surface area contributed by atoms with E-state index >= 15 is 0 Å². The van der Waals surface area contributed by atoms with Gasteiger partial charge < -0.3 is 9.68 Å². The summed E-state index contributed by atoms with van der Waals surface area (Å²) in [4.78, 5) is 24.8. The van der Waals surface area contributed by atoms with Crippen LogP contribution in [0.1, 0.15) is 13.8 Å². The Morgan fingerprint density at radius 3 is 2.61 bits per heavy atom. The normalized spacial score (nSPS) is 12.7. The molecule has 9 heteroatoms. The van der Waals surface area contributed by atoms with Crippen molar-refractivity contribution in [3.05, 3.63) is 12.7 Å². The summed E-state index contributed by atoms with van der Waals surface area (Å²) in [6, 6.07) is 0. The van der Waals surface area contributed by atoms with E-state index in [4.69, 9.17) is 4.84 Å². The number of carbonyl (C=O) groups excluding carboxylic acids is 1. The summed E-state index contributed by atoms with van der Waals surface area (Å²) in [6.45, 7) is 3.54. The minimum Gasteiger partial charge on any atom is -0.397 e. The Morgan fingerprint density at radius 2 is 2.17 bits per heavy atom. The maximum atomic E-state index is 11.4. The largest absolute Gasteiger partial charge is 0.397 e. The van der Waals surface area contributed by atoms with Crippen molar-refractivity contribution in [3.8, 4) is 0 Å². The molecule has 1 rings (SSSR count). The Balaban J connectivity index is 3.12. The molecule has 8 nitrogen and oxygen atoms in total. The molecule has 0 aliphatic rings. The SMILES string of the molecule is CO/N=C(\C(=N\OC(C)C)C(=O)S)n1cncn1. The van der Waals surface area contributed by atoms with E-state index in [1.807, 2.05) is 0 Å². The molecule has 0 saturated heterocycles. The summed E-state index contributed by atoms with van der Waals surface area (Å²) in [6.07, 6.45) is 2.45. The van der Waals surface area contributed by atoms with Gasteiger partial charge in [0.05, 0.1) is 0 Å². The molecule has 0 atom stereocenters. The molecule has 0 aromatic carbocycles. The van der Waals surface area contributed by atoms with Gasteiger partial charge in [-0.3, -0.25) is 4.79 Å². The van der Waals surface area contributed by atoms with E-state index in [1.165, 1.54) is 24.4 Å².